The first-order valence-electron chi connectivity index (χ1n) is 5.92. The minimum atomic E-state index is -0.587. The van der Waals surface area contributed by atoms with Crippen molar-refractivity contribution in [2.24, 2.45) is 0 Å². The Balaban J connectivity index is 2.33. The van der Waals surface area contributed by atoms with E-state index in [1.807, 2.05) is 0 Å². The van der Waals surface area contributed by atoms with Crippen LogP contribution in [0.15, 0.2) is 30.3 Å². The zero-order chi connectivity index (χ0) is 14.9. The van der Waals surface area contributed by atoms with Crippen molar-refractivity contribution in [3.8, 4) is 0 Å². The van der Waals surface area contributed by atoms with Gasteiger partial charge in [-0.15, -0.1) is 11.6 Å². The van der Waals surface area contributed by atoms with E-state index in [2.05, 4.69) is 0 Å². The standard InChI is InChI=1S/C15H11Cl3F2/c1-8-5-9(13(18)7-15(8)20)12(17)6-10-11(16)3-2-4-14(10)19/h2-5,7,12H,6H2,1H3. The van der Waals surface area contributed by atoms with E-state index >= 15 is 0 Å². The molecule has 5 heteroatoms. The van der Waals surface area contributed by atoms with Gasteiger partial charge in [0.15, 0.2) is 0 Å². The summed E-state index contributed by atoms with van der Waals surface area (Å²) in [7, 11) is 0. The fraction of sp³-hybridized carbons (Fsp3) is 0.200. The molecule has 0 amide bonds. The van der Waals surface area contributed by atoms with E-state index < -0.39 is 17.0 Å². The molecule has 0 aliphatic carbocycles. The fourth-order valence-electron chi connectivity index (χ4n) is 1.94. The van der Waals surface area contributed by atoms with Gasteiger partial charge in [0.25, 0.3) is 0 Å². The van der Waals surface area contributed by atoms with E-state index in [1.54, 1.807) is 19.1 Å². The highest BCUT2D eigenvalue weighted by atomic mass is 35.5. The molecule has 0 heterocycles. The van der Waals surface area contributed by atoms with Gasteiger partial charge in [-0.25, -0.2) is 8.78 Å². The quantitative estimate of drug-likeness (QED) is 0.594. The molecule has 0 saturated heterocycles. The third-order valence-corrected chi connectivity index (χ3v) is 4.13. The molecular formula is C15H11Cl3F2. The molecule has 1 unspecified atom stereocenters. The Bertz CT molecular complexity index is 621. The van der Waals surface area contributed by atoms with Gasteiger partial charge in [-0.1, -0.05) is 35.3 Å². The van der Waals surface area contributed by atoms with Crippen LogP contribution in [0.1, 0.15) is 22.1 Å². The number of hydrogen-bond donors (Lipinski definition) is 0. The molecule has 2 aromatic carbocycles. The molecule has 0 aromatic heterocycles. The number of rotatable bonds is 3. The van der Waals surface area contributed by atoms with E-state index in [0.29, 0.717) is 21.7 Å². The van der Waals surface area contributed by atoms with Gasteiger partial charge in [-0.05, 0) is 42.7 Å². The van der Waals surface area contributed by atoms with Gasteiger partial charge in [0, 0.05) is 15.6 Å². The first-order valence-corrected chi connectivity index (χ1v) is 7.12. The van der Waals surface area contributed by atoms with Crippen LogP contribution < -0.4 is 0 Å². The number of aryl methyl sites for hydroxylation is 1. The largest absolute Gasteiger partial charge is 0.207 e. The van der Waals surface area contributed by atoms with Crippen LogP contribution in [0.25, 0.3) is 0 Å². The Morgan fingerprint density at radius 2 is 1.75 bits per heavy atom. The first kappa shape index (κ1) is 15.6. The Morgan fingerprint density at radius 1 is 1.05 bits per heavy atom. The summed E-state index contributed by atoms with van der Waals surface area (Å²) in [6, 6.07) is 7.23. The zero-order valence-corrected chi connectivity index (χ0v) is 12.8. The van der Waals surface area contributed by atoms with Gasteiger partial charge >= 0.3 is 0 Å². The van der Waals surface area contributed by atoms with Crippen molar-refractivity contribution in [2.75, 3.05) is 0 Å². The van der Waals surface area contributed by atoms with Gasteiger partial charge in [0.05, 0.1) is 5.38 Å². The maximum atomic E-state index is 13.7. The second-order valence-corrected chi connectivity index (χ2v) is 5.84. The zero-order valence-electron chi connectivity index (χ0n) is 10.6. The highest BCUT2D eigenvalue weighted by molar-refractivity contribution is 6.33. The summed E-state index contributed by atoms with van der Waals surface area (Å²) in [6.07, 6.45) is 0.178. The monoisotopic (exact) mass is 334 g/mol. The van der Waals surface area contributed by atoms with E-state index in [0.717, 1.165) is 0 Å². The van der Waals surface area contributed by atoms with Crippen molar-refractivity contribution in [1.82, 2.24) is 0 Å². The highest BCUT2D eigenvalue weighted by Gasteiger charge is 2.18. The number of halogens is 5. The third kappa shape index (κ3) is 3.25. The molecular weight excluding hydrogens is 325 g/mol. The number of alkyl halides is 1. The topological polar surface area (TPSA) is 0 Å². The molecule has 1 atom stereocenters. The summed E-state index contributed by atoms with van der Waals surface area (Å²) in [4.78, 5) is 0. The van der Waals surface area contributed by atoms with E-state index in [1.165, 1.54) is 18.2 Å². The second kappa shape index (κ2) is 6.30. The Hall–Kier alpha value is -0.830. The summed E-state index contributed by atoms with van der Waals surface area (Å²) in [6.45, 7) is 1.62. The molecule has 0 bridgehead atoms. The first-order chi connectivity index (χ1) is 9.40. The van der Waals surface area contributed by atoms with Gasteiger partial charge in [0.2, 0.25) is 0 Å². The van der Waals surface area contributed by atoms with Crippen LogP contribution in [-0.2, 0) is 6.42 Å². The molecule has 0 N–H and O–H groups in total. The van der Waals surface area contributed by atoms with Gasteiger partial charge in [0.1, 0.15) is 11.6 Å². The average molecular weight is 336 g/mol. The van der Waals surface area contributed by atoms with Crippen LogP contribution >= 0.6 is 34.8 Å². The van der Waals surface area contributed by atoms with E-state index in [-0.39, 0.29) is 11.4 Å². The molecule has 0 fully saturated rings. The van der Waals surface area contributed by atoms with Crippen molar-refractivity contribution < 1.29 is 8.78 Å². The average Bonchev–Trinajstić information content (AvgIpc) is 2.38. The van der Waals surface area contributed by atoms with Crippen molar-refractivity contribution in [2.45, 2.75) is 18.7 Å². The van der Waals surface area contributed by atoms with Crippen LogP contribution in [0.5, 0.6) is 0 Å². The molecule has 0 aliphatic heterocycles. The lowest BCUT2D eigenvalue weighted by molar-refractivity contribution is 0.606. The summed E-state index contributed by atoms with van der Waals surface area (Å²) in [5.41, 5.74) is 1.33. The summed E-state index contributed by atoms with van der Waals surface area (Å²) in [5.74, 6) is -0.815. The van der Waals surface area contributed by atoms with Gasteiger partial charge in [-0.2, -0.15) is 0 Å². The summed E-state index contributed by atoms with van der Waals surface area (Å²) >= 11 is 18.2. The lowest BCUT2D eigenvalue weighted by atomic mass is 10.0. The smallest absolute Gasteiger partial charge is 0.127 e. The highest BCUT2D eigenvalue weighted by Crippen LogP contribution is 2.34. The van der Waals surface area contributed by atoms with Crippen molar-refractivity contribution in [3.05, 3.63) is 68.7 Å². The van der Waals surface area contributed by atoms with Crippen LogP contribution in [0.4, 0.5) is 8.78 Å². The Labute approximate surface area is 131 Å². The normalized spacial score (nSPS) is 12.5. The lowest BCUT2D eigenvalue weighted by Crippen LogP contribution is -2.01. The molecule has 0 radical (unpaired) electrons. The molecule has 2 rings (SSSR count). The fourth-order valence-corrected chi connectivity index (χ4v) is 2.85. The van der Waals surface area contributed by atoms with E-state index in [4.69, 9.17) is 34.8 Å². The molecule has 2 aromatic rings. The van der Waals surface area contributed by atoms with Gasteiger partial charge < -0.3 is 0 Å². The van der Waals surface area contributed by atoms with Crippen LogP contribution in [0.3, 0.4) is 0 Å². The third-order valence-electron chi connectivity index (χ3n) is 3.06. The van der Waals surface area contributed by atoms with Crippen LogP contribution in [-0.4, -0.2) is 0 Å². The molecule has 20 heavy (non-hydrogen) atoms. The van der Waals surface area contributed by atoms with Gasteiger partial charge in [-0.3, -0.25) is 0 Å². The minimum absolute atomic E-state index is 0.178. The van der Waals surface area contributed by atoms with Crippen molar-refractivity contribution in [3.63, 3.8) is 0 Å². The predicted octanol–water partition coefficient (Wildman–Crippen LogP) is 6.10. The maximum absolute atomic E-state index is 13.7. The molecule has 0 spiro atoms. The molecule has 0 saturated carbocycles. The second-order valence-electron chi connectivity index (χ2n) is 4.49. The Morgan fingerprint density at radius 3 is 2.40 bits per heavy atom. The minimum Gasteiger partial charge on any atom is -0.207 e. The van der Waals surface area contributed by atoms with Crippen LogP contribution in [0, 0.1) is 18.6 Å². The van der Waals surface area contributed by atoms with Crippen LogP contribution in [0.2, 0.25) is 10.0 Å². The SMILES string of the molecule is Cc1cc(C(Cl)Cc2c(F)cccc2Cl)c(Cl)cc1F. The Kier molecular flexibility index (Phi) is 4.90. The summed E-state index contributed by atoms with van der Waals surface area (Å²) < 4.78 is 27.1. The number of benzene rings is 2. The lowest BCUT2D eigenvalue weighted by Gasteiger charge is -2.14. The number of hydrogen-bond acceptors (Lipinski definition) is 0. The molecule has 106 valence electrons. The molecule has 0 nitrogen and oxygen atoms in total. The van der Waals surface area contributed by atoms with Crippen molar-refractivity contribution >= 4 is 34.8 Å². The van der Waals surface area contributed by atoms with E-state index in [9.17, 15) is 8.78 Å². The predicted molar refractivity (Wildman–Crippen MR) is 79.9 cm³/mol. The molecule has 0 aliphatic rings. The summed E-state index contributed by atoms with van der Waals surface area (Å²) in [5, 5.41) is -0.0534. The maximum Gasteiger partial charge on any atom is 0.127 e. The van der Waals surface area contributed by atoms with Crippen molar-refractivity contribution in [1.29, 1.82) is 0 Å².